The quantitative estimate of drug-likeness (QED) is 0.127. The van der Waals surface area contributed by atoms with E-state index in [4.69, 9.17) is 4.42 Å². The molecule has 0 aliphatic heterocycles. The van der Waals surface area contributed by atoms with Gasteiger partial charge in [0.05, 0.1) is 0 Å². The molecule has 8 aromatic carbocycles. The third-order valence-corrected chi connectivity index (χ3v) is 18.1. The van der Waals surface area contributed by atoms with E-state index in [-0.39, 0.29) is 0 Å². The van der Waals surface area contributed by atoms with Crippen LogP contribution < -0.4 is 115 Å². The summed E-state index contributed by atoms with van der Waals surface area (Å²) in [4.78, 5) is 0. The zero-order valence-electron chi connectivity index (χ0n) is 43.9. The molecule has 0 saturated heterocycles. The number of hydrogen-bond donors (Lipinski definition) is 0. The molecule has 1 heterocycles. The van der Waals surface area contributed by atoms with Gasteiger partial charge in [0.2, 0.25) is 0 Å². The van der Waals surface area contributed by atoms with Gasteiger partial charge >= 0.3 is 0 Å². The lowest BCUT2D eigenvalue weighted by Crippen LogP contribution is -2.57. The molecule has 0 radical (unpaired) electrons. The lowest BCUT2D eigenvalue weighted by atomic mass is 9.54. The summed E-state index contributed by atoms with van der Waals surface area (Å²) >= 11 is 0. The van der Waals surface area contributed by atoms with Gasteiger partial charge < -0.3 is 4.42 Å². The van der Waals surface area contributed by atoms with Crippen molar-refractivity contribution >= 4 is 323 Å². The topological polar surface area (TPSA) is 13.1 Å². The summed E-state index contributed by atoms with van der Waals surface area (Å²) in [6.45, 7) is 0. The number of hydrogen-bond acceptors (Lipinski definition) is 1. The Morgan fingerprint density at radius 3 is 0.955 bits per heavy atom. The first kappa shape index (κ1) is 46.5. The van der Waals surface area contributed by atoms with E-state index in [1.54, 1.807) is 0 Å². The molecule has 0 atom stereocenters. The van der Waals surface area contributed by atoms with Gasteiger partial charge in [-0.15, -0.1) is 49.2 Å². The summed E-state index contributed by atoms with van der Waals surface area (Å²) in [6, 6.07) is 15.2. The van der Waals surface area contributed by atoms with Crippen molar-refractivity contribution in [1.82, 2.24) is 0 Å². The maximum Gasteiger partial charge on any atom is 0.139 e. The molecular formula is C44H49B21O. The Bertz CT molecular complexity index is 3590. The SMILES string of the molecule is Bc1c(B)c(B)c(-c2c(B)c(B)c(B)c(B)c2-c2c3c(B)c(B)c(B)c(B)c3c(-c3c(B)c(B)c(-c4ccc5c(c4)oc4ccccc45)c(B)c3B)c3c(B)c(B)c(B)c(B)c23)c(B)c1B. The first-order chi connectivity index (χ1) is 31.1. The first-order valence-electron chi connectivity index (χ1n) is 24.2. The van der Waals surface area contributed by atoms with Crippen LogP contribution in [0.25, 0.3) is 88.0 Å². The molecule has 22 heteroatoms. The monoisotopic (exact) mass is 825 g/mol. The zero-order valence-corrected chi connectivity index (χ0v) is 43.9. The van der Waals surface area contributed by atoms with Gasteiger partial charge in [-0.2, -0.15) is 0 Å². The van der Waals surface area contributed by atoms with Gasteiger partial charge in [0.15, 0.2) is 0 Å². The molecule has 0 bridgehead atoms. The van der Waals surface area contributed by atoms with E-state index < -0.39 is 0 Å². The molecule has 0 aliphatic rings. The van der Waals surface area contributed by atoms with E-state index >= 15 is 0 Å². The Balaban J connectivity index is 1.53. The van der Waals surface area contributed by atoms with Crippen LogP contribution in [0, 0.1) is 0 Å². The molecule has 0 fully saturated rings. The van der Waals surface area contributed by atoms with Gasteiger partial charge in [-0.25, -0.2) is 0 Å². The fourth-order valence-corrected chi connectivity index (χ4v) is 12.4. The standard InChI is InChI=1S/C44H49B21O/c45-24-13(8-5-6-10-9-3-1-2-4-11(9)66-12(10)7-8)25(46)33(54)22(32(24)53)15-19-16(26(47)36(57)39(60)29(19)50)14(17-20(15)30(51)40(61)37(58)27(17)48)18-21(31(52)41(62)38(59)28(18)49)23-34(55)42(63)44(65)43(64)35(23)56/h1-7H,45-65H2. The van der Waals surface area contributed by atoms with E-state index in [0.29, 0.717) is 0 Å². The van der Waals surface area contributed by atoms with Gasteiger partial charge in [-0.1, -0.05) is 89.8 Å². The second kappa shape index (κ2) is 16.3. The van der Waals surface area contributed by atoms with E-state index in [1.807, 2.05) is 0 Å². The lowest BCUT2D eigenvalue weighted by molar-refractivity contribution is 0.669. The van der Waals surface area contributed by atoms with Crippen LogP contribution in [0.3, 0.4) is 0 Å². The van der Waals surface area contributed by atoms with Crippen molar-refractivity contribution in [3.8, 4) is 44.5 Å². The van der Waals surface area contributed by atoms with Gasteiger partial charge in [0, 0.05) is 10.8 Å². The number of furan rings is 1. The summed E-state index contributed by atoms with van der Waals surface area (Å²) in [5.74, 6) is 0. The smallest absolute Gasteiger partial charge is 0.139 e. The molecule has 1 nitrogen and oxygen atoms in total. The second-order valence-electron chi connectivity index (χ2n) is 20.6. The van der Waals surface area contributed by atoms with Gasteiger partial charge in [0.1, 0.15) is 176 Å². The highest BCUT2D eigenvalue weighted by atomic mass is 16.3. The average molecular weight is 821 g/mol. The fourth-order valence-electron chi connectivity index (χ4n) is 12.4. The first-order valence-corrected chi connectivity index (χ1v) is 24.2. The molecule has 294 valence electrons. The molecule has 0 unspecified atom stereocenters. The summed E-state index contributed by atoms with van der Waals surface area (Å²) in [5, 5.41) is 7.93. The predicted octanol–water partition coefficient (Wildman–Crippen LogP) is -24.0. The van der Waals surface area contributed by atoms with E-state index in [9.17, 15) is 0 Å². The molecule has 66 heavy (non-hydrogen) atoms. The van der Waals surface area contributed by atoms with Gasteiger partial charge in [-0.3, -0.25) is 0 Å². The van der Waals surface area contributed by atoms with Crippen molar-refractivity contribution in [2.75, 3.05) is 0 Å². The minimum atomic E-state index is 0.933. The van der Waals surface area contributed by atoms with Crippen LogP contribution in [0.1, 0.15) is 0 Å². The van der Waals surface area contributed by atoms with Crippen LogP contribution >= 0.6 is 0 Å². The Kier molecular flexibility index (Phi) is 11.5. The minimum Gasteiger partial charge on any atom is -0.456 e. The summed E-state index contributed by atoms with van der Waals surface area (Å²) < 4.78 is 6.48. The maximum atomic E-state index is 6.48. The highest BCUT2D eigenvalue weighted by molar-refractivity contribution is 6.75. The number of rotatable bonds is 4. The van der Waals surface area contributed by atoms with Crippen LogP contribution in [0.15, 0.2) is 46.9 Å². The fraction of sp³-hybridized carbons (Fsp3) is 0. The third-order valence-electron chi connectivity index (χ3n) is 18.1. The number of benzene rings is 8. The Morgan fingerprint density at radius 1 is 0.227 bits per heavy atom. The van der Waals surface area contributed by atoms with Crippen LogP contribution in [-0.2, 0) is 0 Å². The molecule has 0 amide bonds. The maximum absolute atomic E-state index is 6.48. The molecular weight excluding hydrogens is 772 g/mol. The molecule has 0 saturated carbocycles. The summed E-state index contributed by atoms with van der Waals surface area (Å²) in [6.07, 6.45) is 0. The van der Waals surface area contributed by atoms with E-state index in [0.717, 1.165) is 21.9 Å². The normalized spacial score (nSPS) is 11.7. The van der Waals surface area contributed by atoms with E-state index in [2.05, 4.69) is 207 Å². The van der Waals surface area contributed by atoms with Crippen molar-refractivity contribution in [2.24, 2.45) is 0 Å². The molecule has 1 aromatic heterocycles. The van der Waals surface area contributed by atoms with Crippen LogP contribution in [0.5, 0.6) is 0 Å². The zero-order chi connectivity index (χ0) is 48.0. The van der Waals surface area contributed by atoms with E-state index in [1.165, 1.54) is 181 Å². The predicted molar refractivity (Wildman–Crippen MR) is 362 cm³/mol. The van der Waals surface area contributed by atoms with Crippen molar-refractivity contribution in [3.63, 3.8) is 0 Å². The average Bonchev–Trinajstić information content (AvgIpc) is 3.68. The third kappa shape index (κ3) is 6.31. The summed E-state index contributed by atoms with van der Waals surface area (Å²) in [5.41, 5.74) is 41.7. The largest absolute Gasteiger partial charge is 0.456 e. The Hall–Kier alpha value is -4.56. The highest BCUT2D eigenvalue weighted by Crippen LogP contribution is 2.41. The van der Waals surface area contributed by atoms with Crippen molar-refractivity contribution in [2.45, 2.75) is 0 Å². The van der Waals surface area contributed by atoms with Crippen molar-refractivity contribution < 1.29 is 4.42 Å². The number of para-hydroxylation sites is 1. The molecule has 0 aliphatic carbocycles. The molecule has 0 spiro atoms. The molecule has 9 rings (SSSR count). The lowest BCUT2D eigenvalue weighted by Gasteiger charge is -2.33. The highest BCUT2D eigenvalue weighted by Gasteiger charge is 2.31. The van der Waals surface area contributed by atoms with Crippen LogP contribution in [-0.4, -0.2) is 165 Å². The Morgan fingerprint density at radius 2 is 0.515 bits per heavy atom. The summed E-state index contributed by atoms with van der Waals surface area (Å²) in [7, 11) is 49.8. The minimum absolute atomic E-state index is 0.933. The van der Waals surface area contributed by atoms with Crippen molar-refractivity contribution in [1.29, 1.82) is 0 Å². The van der Waals surface area contributed by atoms with Crippen LogP contribution in [0.2, 0.25) is 0 Å². The Labute approximate surface area is 411 Å². The number of fused-ring (bicyclic) bond motifs is 5. The van der Waals surface area contributed by atoms with Gasteiger partial charge in [0.25, 0.3) is 0 Å². The van der Waals surface area contributed by atoms with Gasteiger partial charge in [-0.05, 0) is 84.3 Å². The van der Waals surface area contributed by atoms with Crippen LogP contribution in [0.4, 0.5) is 0 Å². The second-order valence-corrected chi connectivity index (χ2v) is 20.6. The molecule has 0 N–H and O–H groups in total. The molecule has 9 aromatic rings. The van der Waals surface area contributed by atoms with Crippen molar-refractivity contribution in [3.05, 3.63) is 42.5 Å².